The van der Waals surface area contributed by atoms with Crippen LogP contribution in [-0.4, -0.2) is 25.5 Å². The molecule has 0 saturated carbocycles. The van der Waals surface area contributed by atoms with Crippen molar-refractivity contribution in [3.63, 3.8) is 0 Å². The summed E-state index contributed by atoms with van der Waals surface area (Å²) in [6, 6.07) is 24.7. The Hall–Kier alpha value is -3.86. The van der Waals surface area contributed by atoms with Gasteiger partial charge in [-0.25, -0.2) is 0 Å². The zero-order valence-electron chi connectivity index (χ0n) is 20.2. The molecule has 0 spiro atoms. The Bertz CT molecular complexity index is 1130. The number of methoxy groups -OCH3 is 1. The highest BCUT2D eigenvalue weighted by molar-refractivity contribution is 6.05. The largest absolute Gasteiger partial charge is 0.497 e. The molecule has 0 unspecified atom stereocenters. The molecule has 2 N–H and O–H groups in total. The van der Waals surface area contributed by atoms with Crippen LogP contribution < -0.4 is 15.4 Å². The van der Waals surface area contributed by atoms with Crippen molar-refractivity contribution in [2.24, 2.45) is 0 Å². The van der Waals surface area contributed by atoms with Gasteiger partial charge in [0, 0.05) is 12.1 Å². The predicted octanol–water partition coefficient (Wildman–Crippen LogP) is 5.12. The Labute approximate surface area is 201 Å². The van der Waals surface area contributed by atoms with Crippen LogP contribution in [0.3, 0.4) is 0 Å². The molecule has 34 heavy (non-hydrogen) atoms. The van der Waals surface area contributed by atoms with Gasteiger partial charge in [-0.05, 0) is 58.9 Å². The van der Waals surface area contributed by atoms with E-state index in [1.807, 2.05) is 66.7 Å². The molecule has 3 aromatic carbocycles. The molecule has 0 heterocycles. The molecule has 5 nitrogen and oxygen atoms in total. The van der Waals surface area contributed by atoms with Crippen LogP contribution in [0, 0.1) is 0 Å². The van der Waals surface area contributed by atoms with Gasteiger partial charge in [0.2, 0.25) is 0 Å². The SMILES string of the molecule is COc1ccc(/C=C(/NC(=O)c2ccc(C(C)(C)C)cc2)C(=O)NCCc2ccccc2)cc1. The Kier molecular flexibility index (Phi) is 8.25. The molecular weight excluding hydrogens is 424 g/mol. The Morgan fingerprint density at radius 1 is 0.882 bits per heavy atom. The number of hydrogen-bond acceptors (Lipinski definition) is 3. The number of nitrogens with one attached hydrogen (secondary N) is 2. The van der Waals surface area contributed by atoms with E-state index < -0.39 is 0 Å². The summed E-state index contributed by atoms with van der Waals surface area (Å²) in [7, 11) is 1.60. The quantitative estimate of drug-likeness (QED) is 0.462. The minimum atomic E-state index is -0.341. The minimum absolute atomic E-state index is 0.00687. The van der Waals surface area contributed by atoms with Crippen LogP contribution >= 0.6 is 0 Å². The van der Waals surface area contributed by atoms with Crippen LogP contribution in [0.25, 0.3) is 6.08 Å². The molecule has 176 valence electrons. The lowest BCUT2D eigenvalue weighted by atomic mass is 9.87. The lowest BCUT2D eigenvalue weighted by molar-refractivity contribution is -0.117. The molecule has 0 aliphatic heterocycles. The van der Waals surface area contributed by atoms with E-state index in [-0.39, 0.29) is 22.9 Å². The van der Waals surface area contributed by atoms with E-state index in [2.05, 4.69) is 31.4 Å². The Morgan fingerprint density at radius 3 is 2.12 bits per heavy atom. The average Bonchev–Trinajstić information content (AvgIpc) is 2.84. The third-order valence-corrected chi connectivity index (χ3v) is 5.47. The summed E-state index contributed by atoms with van der Waals surface area (Å²) >= 11 is 0. The van der Waals surface area contributed by atoms with Gasteiger partial charge in [-0.3, -0.25) is 9.59 Å². The van der Waals surface area contributed by atoms with Gasteiger partial charge in [0.25, 0.3) is 11.8 Å². The predicted molar refractivity (Wildman–Crippen MR) is 137 cm³/mol. The summed E-state index contributed by atoms with van der Waals surface area (Å²) in [4.78, 5) is 25.9. The van der Waals surface area contributed by atoms with Gasteiger partial charge < -0.3 is 15.4 Å². The van der Waals surface area contributed by atoms with Crippen molar-refractivity contribution in [1.29, 1.82) is 0 Å². The number of carbonyl (C=O) groups excluding carboxylic acids is 2. The second-order valence-corrected chi connectivity index (χ2v) is 9.10. The molecule has 0 aliphatic rings. The van der Waals surface area contributed by atoms with E-state index in [1.165, 1.54) is 0 Å². The first kappa shape index (κ1) is 24.8. The first-order chi connectivity index (χ1) is 16.3. The zero-order valence-corrected chi connectivity index (χ0v) is 20.2. The normalized spacial score (nSPS) is 11.6. The molecule has 0 aliphatic carbocycles. The third kappa shape index (κ3) is 7.07. The van der Waals surface area contributed by atoms with E-state index in [9.17, 15) is 9.59 Å². The number of hydrogen-bond donors (Lipinski definition) is 2. The lowest BCUT2D eigenvalue weighted by Crippen LogP contribution is -2.35. The highest BCUT2D eigenvalue weighted by atomic mass is 16.5. The molecule has 0 radical (unpaired) electrons. The summed E-state index contributed by atoms with van der Waals surface area (Å²) in [5, 5.41) is 5.71. The molecule has 3 aromatic rings. The highest BCUT2D eigenvalue weighted by Gasteiger charge is 2.17. The van der Waals surface area contributed by atoms with Gasteiger partial charge in [-0.1, -0.05) is 75.4 Å². The van der Waals surface area contributed by atoms with Crippen LogP contribution in [0.1, 0.15) is 47.8 Å². The molecule has 0 bridgehead atoms. The lowest BCUT2D eigenvalue weighted by Gasteiger charge is -2.19. The van der Waals surface area contributed by atoms with E-state index in [0.717, 1.165) is 16.7 Å². The van der Waals surface area contributed by atoms with Crippen LogP contribution in [0.15, 0.2) is 84.6 Å². The van der Waals surface area contributed by atoms with Gasteiger partial charge in [-0.2, -0.15) is 0 Å². The maximum absolute atomic E-state index is 13.0. The second-order valence-electron chi connectivity index (χ2n) is 9.10. The van der Waals surface area contributed by atoms with Crippen molar-refractivity contribution in [3.05, 3.63) is 107 Å². The number of rotatable bonds is 8. The second kappa shape index (κ2) is 11.3. The van der Waals surface area contributed by atoms with E-state index in [1.54, 1.807) is 25.3 Å². The molecular formula is C29H32N2O3. The van der Waals surface area contributed by atoms with E-state index >= 15 is 0 Å². The molecule has 0 atom stereocenters. The first-order valence-corrected chi connectivity index (χ1v) is 11.4. The zero-order chi connectivity index (χ0) is 24.6. The topological polar surface area (TPSA) is 67.4 Å². The molecule has 0 aromatic heterocycles. The van der Waals surface area contributed by atoms with Crippen LogP contribution in [0.4, 0.5) is 0 Å². The first-order valence-electron chi connectivity index (χ1n) is 11.4. The van der Waals surface area contributed by atoms with E-state index in [0.29, 0.717) is 24.3 Å². The van der Waals surface area contributed by atoms with Gasteiger partial charge in [-0.15, -0.1) is 0 Å². The number of amides is 2. The fourth-order valence-corrected chi connectivity index (χ4v) is 3.40. The van der Waals surface area contributed by atoms with Crippen molar-refractivity contribution >= 4 is 17.9 Å². The van der Waals surface area contributed by atoms with Crippen LogP contribution in [0.2, 0.25) is 0 Å². The summed E-state index contributed by atoms with van der Waals surface area (Å²) in [5.74, 6) is 0.0406. The van der Waals surface area contributed by atoms with Crippen LogP contribution in [0.5, 0.6) is 5.75 Å². The molecule has 3 rings (SSSR count). The molecule has 2 amide bonds. The fraction of sp³-hybridized carbons (Fsp3) is 0.241. The summed E-state index contributed by atoms with van der Waals surface area (Å²) < 4.78 is 5.20. The number of carbonyl (C=O) groups is 2. The van der Waals surface area contributed by atoms with Gasteiger partial charge in [0.05, 0.1) is 7.11 Å². The minimum Gasteiger partial charge on any atom is -0.497 e. The van der Waals surface area contributed by atoms with Crippen molar-refractivity contribution in [1.82, 2.24) is 10.6 Å². The van der Waals surface area contributed by atoms with Gasteiger partial charge >= 0.3 is 0 Å². The number of ether oxygens (including phenoxy) is 1. The maximum atomic E-state index is 13.0. The average molecular weight is 457 g/mol. The summed E-state index contributed by atoms with van der Waals surface area (Å²) in [5.41, 5.74) is 3.71. The van der Waals surface area contributed by atoms with Gasteiger partial charge in [0.1, 0.15) is 11.4 Å². The number of benzene rings is 3. The smallest absolute Gasteiger partial charge is 0.267 e. The van der Waals surface area contributed by atoms with Crippen molar-refractivity contribution in [2.45, 2.75) is 32.6 Å². The molecule has 5 heteroatoms. The monoisotopic (exact) mass is 456 g/mol. The summed E-state index contributed by atoms with van der Waals surface area (Å²) in [6.45, 7) is 6.83. The van der Waals surface area contributed by atoms with E-state index in [4.69, 9.17) is 4.74 Å². The standard InChI is InChI=1S/C29H32N2O3/c1-29(2,3)24-14-12-23(13-15-24)27(32)31-26(20-22-10-16-25(34-4)17-11-22)28(33)30-19-18-21-8-6-5-7-9-21/h5-17,20H,18-19H2,1-4H3,(H,30,33)(H,31,32)/b26-20+. The van der Waals surface area contributed by atoms with Crippen molar-refractivity contribution < 1.29 is 14.3 Å². The van der Waals surface area contributed by atoms with Crippen LogP contribution in [-0.2, 0) is 16.6 Å². The Balaban J connectivity index is 1.76. The molecule has 0 saturated heterocycles. The maximum Gasteiger partial charge on any atom is 0.267 e. The highest BCUT2D eigenvalue weighted by Crippen LogP contribution is 2.22. The fourth-order valence-electron chi connectivity index (χ4n) is 3.40. The van der Waals surface area contributed by atoms with Crippen molar-refractivity contribution in [2.75, 3.05) is 13.7 Å². The summed E-state index contributed by atoms with van der Waals surface area (Å²) in [6.07, 6.45) is 2.36. The van der Waals surface area contributed by atoms with Crippen molar-refractivity contribution in [3.8, 4) is 5.75 Å². The van der Waals surface area contributed by atoms with Gasteiger partial charge in [0.15, 0.2) is 0 Å². The third-order valence-electron chi connectivity index (χ3n) is 5.47. The Morgan fingerprint density at radius 2 is 1.53 bits per heavy atom. The molecule has 0 fully saturated rings.